The number of fused-ring (bicyclic) bond motifs is 2. The van der Waals surface area contributed by atoms with Gasteiger partial charge in [-0.05, 0) is 29.8 Å². The lowest BCUT2D eigenvalue weighted by Gasteiger charge is -2.24. The van der Waals surface area contributed by atoms with Gasteiger partial charge in [-0.3, -0.25) is 9.79 Å². The molecule has 0 fully saturated rings. The number of rotatable bonds is 1. The van der Waals surface area contributed by atoms with E-state index >= 15 is 0 Å². The first-order valence-corrected chi connectivity index (χ1v) is 7.31. The number of dihydropyridines is 1. The number of hydrogen-bond donors (Lipinski definition) is 1. The van der Waals surface area contributed by atoms with Crippen LogP contribution in [0.25, 0.3) is 10.9 Å². The monoisotopic (exact) mass is 302 g/mol. The van der Waals surface area contributed by atoms with E-state index in [4.69, 9.17) is 5.84 Å². The van der Waals surface area contributed by atoms with Crippen molar-refractivity contribution in [2.75, 3.05) is 5.01 Å². The minimum Gasteiger partial charge on any atom is -0.286 e. The molecule has 2 heterocycles. The summed E-state index contributed by atoms with van der Waals surface area (Å²) in [6.07, 6.45) is 9.20. The van der Waals surface area contributed by atoms with Crippen molar-refractivity contribution in [1.29, 1.82) is 0 Å². The molecule has 2 aliphatic rings. The molecule has 0 saturated heterocycles. The fourth-order valence-corrected chi connectivity index (χ4v) is 2.69. The van der Waals surface area contributed by atoms with Crippen LogP contribution >= 0.6 is 0 Å². The number of pyridine rings is 1. The van der Waals surface area contributed by atoms with Crippen molar-refractivity contribution in [3.05, 3.63) is 72.4 Å². The molecule has 0 bridgehead atoms. The third kappa shape index (κ3) is 2.37. The summed E-state index contributed by atoms with van der Waals surface area (Å²) >= 11 is 0. The van der Waals surface area contributed by atoms with Crippen molar-refractivity contribution < 1.29 is 4.79 Å². The number of nitrogens with two attached hydrogens (primary N) is 1. The van der Waals surface area contributed by atoms with Crippen molar-refractivity contribution >= 4 is 28.3 Å². The van der Waals surface area contributed by atoms with Gasteiger partial charge in [-0.15, -0.1) is 0 Å². The summed E-state index contributed by atoms with van der Waals surface area (Å²) in [5, 5.41) is 2.28. The normalized spacial score (nSPS) is 19.3. The number of amidine groups is 1. The maximum Gasteiger partial charge on any atom is 0.222 e. The number of nitrogens with zero attached hydrogens (tertiary/aromatic N) is 3. The van der Waals surface area contributed by atoms with Gasteiger partial charge in [-0.25, -0.2) is 15.8 Å². The van der Waals surface area contributed by atoms with E-state index in [1.165, 1.54) is 5.01 Å². The van der Waals surface area contributed by atoms with Crippen LogP contribution in [-0.2, 0) is 4.79 Å². The van der Waals surface area contributed by atoms with Gasteiger partial charge in [0.1, 0.15) is 5.82 Å². The Morgan fingerprint density at radius 2 is 1.96 bits per heavy atom. The maximum atomic E-state index is 12.3. The van der Waals surface area contributed by atoms with Gasteiger partial charge in [-0.1, -0.05) is 42.5 Å². The Morgan fingerprint density at radius 3 is 2.87 bits per heavy atom. The van der Waals surface area contributed by atoms with Crippen LogP contribution in [0.3, 0.4) is 0 Å². The van der Waals surface area contributed by atoms with Crippen molar-refractivity contribution in [3.63, 3.8) is 0 Å². The van der Waals surface area contributed by atoms with Crippen molar-refractivity contribution in [2.45, 2.75) is 6.04 Å². The Hall–Kier alpha value is -3.05. The Kier molecular flexibility index (Phi) is 3.13. The number of anilines is 1. The van der Waals surface area contributed by atoms with E-state index < -0.39 is 0 Å². The van der Waals surface area contributed by atoms with Gasteiger partial charge >= 0.3 is 0 Å². The fourth-order valence-electron chi connectivity index (χ4n) is 2.69. The van der Waals surface area contributed by atoms with E-state index in [0.29, 0.717) is 5.82 Å². The molecule has 2 N–H and O–H groups in total. The Morgan fingerprint density at radius 1 is 1.09 bits per heavy atom. The molecule has 1 unspecified atom stereocenters. The minimum absolute atomic E-state index is 0.167. The highest BCUT2D eigenvalue weighted by atomic mass is 16.1. The molecule has 5 heteroatoms. The maximum absolute atomic E-state index is 12.3. The summed E-state index contributed by atoms with van der Waals surface area (Å²) in [4.78, 5) is 21.3. The van der Waals surface area contributed by atoms with E-state index in [9.17, 15) is 4.79 Å². The van der Waals surface area contributed by atoms with Crippen LogP contribution in [0.15, 0.2) is 77.3 Å². The lowest BCUT2D eigenvalue weighted by molar-refractivity contribution is -0.109. The van der Waals surface area contributed by atoms with Crippen LogP contribution in [0, 0.1) is 0 Å². The smallest absolute Gasteiger partial charge is 0.222 e. The molecule has 5 nitrogen and oxygen atoms in total. The number of aromatic nitrogens is 1. The highest BCUT2D eigenvalue weighted by molar-refractivity contribution is 6.48. The average molecular weight is 302 g/mol. The number of allylic oxidation sites excluding steroid dienone is 2. The number of para-hydroxylation sites is 1. The highest BCUT2D eigenvalue weighted by Crippen LogP contribution is 2.22. The van der Waals surface area contributed by atoms with E-state index in [1.807, 2.05) is 54.6 Å². The summed E-state index contributed by atoms with van der Waals surface area (Å²) < 4.78 is 0. The van der Waals surface area contributed by atoms with Gasteiger partial charge in [0.15, 0.2) is 5.84 Å². The predicted octanol–water partition coefficient (Wildman–Crippen LogP) is 2.32. The first-order valence-electron chi connectivity index (χ1n) is 7.31. The van der Waals surface area contributed by atoms with Crippen LogP contribution in [0.4, 0.5) is 5.82 Å². The zero-order valence-electron chi connectivity index (χ0n) is 12.3. The molecular weight excluding hydrogens is 288 g/mol. The number of carbonyl (C=O) groups excluding carboxylic acids is 1. The SMILES string of the molecule is NN(C1=NC2C=CC=CC2=CC1=O)c1ccc2ccccc2n1. The first-order chi connectivity index (χ1) is 11.2. The Bertz CT molecular complexity index is 924. The molecule has 1 aromatic heterocycles. The predicted molar refractivity (Wildman–Crippen MR) is 91.0 cm³/mol. The molecule has 0 spiro atoms. The van der Waals surface area contributed by atoms with Crippen LogP contribution < -0.4 is 10.9 Å². The van der Waals surface area contributed by atoms with E-state index in [1.54, 1.807) is 12.1 Å². The van der Waals surface area contributed by atoms with E-state index in [-0.39, 0.29) is 17.7 Å². The molecule has 1 aromatic carbocycles. The lowest BCUT2D eigenvalue weighted by atomic mass is 9.98. The average Bonchev–Trinajstić information content (AvgIpc) is 2.60. The second-order valence-electron chi connectivity index (χ2n) is 5.38. The summed E-state index contributed by atoms with van der Waals surface area (Å²) in [5.41, 5.74) is 1.70. The summed E-state index contributed by atoms with van der Waals surface area (Å²) in [6, 6.07) is 11.3. The zero-order chi connectivity index (χ0) is 15.8. The number of hydrazine groups is 1. The Balaban J connectivity index is 1.71. The molecule has 1 aliphatic heterocycles. The van der Waals surface area contributed by atoms with Gasteiger partial charge in [-0.2, -0.15) is 0 Å². The van der Waals surface area contributed by atoms with Crippen molar-refractivity contribution in [1.82, 2.24) is 4.98 Å². The molecule has 112 valence electrons. The van der Waals surface area contributed by atoms with Gasteiger partial charge in [0.05, 0.1) is 11.6 Å². The zero-order valence-corrected chi connectivity index (χ0v) is 12.3. The molecule has 23 heavy (non-hydrogen) atoms. The number of aliphatic imine (C=N–C) groups is 1. The largest absolute Gasteiger partial charge is 0.286 e. The van der Waals surface area contributed by atoms with Gasteiger partial charge < -0.3 is 0 Å². The molecule has 4 rings (SSSR count). The van der Waals surface area contributed by atoms with Crippen LogP contribution in [0.2, 0.25) is 0 Å². The van der Waals surface area contributed by atoms with Crippen LogP contribution in [0.1, 0.15) is 0 Å². The van der Waals surface area contributed by atoms with Gasteiger partial charge in [0.2, 0.25) is 5.78 Å². The number of benzene rings is 1. The van der Waals surface area contributed by atoms with Gasteiger partial charge in [0.25, 0.3) is 0 Å². The molecule has 2 aromatic rings. The summed E-state index contributed by atoms with van der Waals surface area (Å²) in [6.45, 7) is 0. The van der Waals surface area contributed by atoms with E-state index in [2.05, 4.69) is 9.98 Å². The number of ketones is 1. The minimum atomic E-state index is -0.214. The first kappa shape index (κ1) is 13.6. The fraction of sp³-hybridized carbons (Fsp3) is 0.0556. The molecule has 1 aliphatic carbocycles. The molecular formula is C18H14N4O. The van der Waals surface area contributed by atoms with Crippen molar-refractivity contribution in [2.24, 2.45) is 10.8 Å². The molecule has 0 amide bonds. The van der Waals surface area contributed by atoms with Crippen LogP contribution in [-0.4, -0.2) is 22.6 Å². The standard InChI is InChI=1S/C18H14N4O/c19-22(17-10-9-12-5-1-3-7-14(12)20-17)18-16(23)11-13-6-2-4-8-15(13)21-18/h1-11,15H,19H2. The molecule has 0 saturated carbocycles. The van der Waals surface area contributed by atoms with Crippen molar-refractivity contribution in [3.8, 4) is 0 Å². The third-order valence-corrected chi connectivity index (χ3v) is 3.87. The van der Waals surface area contributed by atoms with E-state index in [0.717, 1.165) is 16.5 Å². The van der Waals surface area contributed by atoms with Crippen LogP contribution in [0.5, 0.6) is 0 Å². The molecule has 0 radical (unpaired) electrons. The summed E-state index contributed by atoms with van der Waals surface area (Å²) in [5.74, 6) is 6.59. The number of carbonyl (C=O) groups is 1. The summed E-state index contributed by atoms with van der Waals surface area (Å²) in [7, 11) is 0. The topological polar surface area (TPSA) is 71.6 Å². The van der Waals surface area contributed by atoms with Gasteiger partial charge in [0, 0.05) is 5.39 Å². The molecule has 1 atom stereocenters. The quantitative estimate of drug-likeness (QED) is 0.648. The third-order valence-electron chi connectivity index (χ3n) is 3.87. The second kappa shape index (κ2) is 5.30. The second-order valence-corrected chi connectivity index (χ2v) is 5.38. The Labute approximate surface area is 133 Å². The highest BCUT2D eigenvalue weighted by Gasteiger charge is 2.26. The lowest BCUT2D eigenvalue weighted by Crippen LogP contribution is -2.44. The number of hydrogen-bond acceptors (Lipinski definition) is 5.